The first-order valence-electron chi connectivity index (χ1n) is 11.5. The Bertz CT molecular complexity index is 1360. The maximum atomic E-state index is 13.4. The molecule has 4 rings (SSSR count). The summed E-state index contributed by atoms with van der Waals surface area (Å²) in [5.41, 5.74) is 0.732. The van der Waals surface area contributed by atoms with Crippen LogP contribution in [0.25, 0.3) is 11.0 Å². The van der Waals surface area contributed by atoms with Crippen LogP contribution in [0.1, 0.15) is 68.2 Å². The number of benzene rings is 1. The third-order valence-corrected chi connectivity index (χ3v) is 5.77. The number of hydrogen-bond donors (Lipinski definition) is 2. The van der Waals surface area contributed by atoms with Crippen LogP contribution < -0.4 is 26.0 Å². The van der Waals surface area contributed by atoms with Gasteiger partial charge in [-0.2, -0.15) is 0 Å². The standard InChI is InChI=1S/C25H30N4O5/c1-13(2)12-29-22-21(24(31)28-25(29)32)17(11-18(27-22)14(3)4)23(30)26-15(5)16-6-7-19-20(10-16)34-9-8-33-19/h6-7,10-11,13-15H,8-9,12H2,1-5H3,(H,26,30)(H,28,31,32). The van der Waals surface area contributed by atoms with Crippen molar-refractivity contribution >= 4 is 16.9 Å². The fourth-order valence-electron chi connectivity index (χ4n) is 3.99. The minimum atomic E-state index is -0.625. The maximum Gasteiger partial charge on any atom is 0.330 e. The molecule has 3 aromatic rings. The smallest absolute Gasteiger partial charge is 0.330 e. The number of nitrogens with zero attached hydrogens (tertiary/aromatic N) is 2. The van der Waals surface area contributed by atoms with Gasteiger partial charge < -0.3 is 14.8 Å². The normalized spacial score (nSPS) is 14.0. The molecule has 0 spiro atoms. The minimum Gasteiger partial charge on any atom is -0.486 e. The molecule has 0 aliphatic carbocycles. The number of H-pyrrole nitrogens is 1. The molecule has 1 atom stereocenters. The van der Waals surface area contributed by atoms with Crippen LogP contribution >= 0.6 is 0 Å². The van der Waals surface area contributed by atoms with Crippen molar-refractivity contribution in [1.29, 1.82) is 0 Å². The van der Waals surface area contributed by atoms with E-state index in [2.05, 4.69) is 15.3 Å². The van der Waals surface area contributed by atoms with E-state index in [4.69, 9.17) is 9.47 Å². The van der Waals surface area contributed by atoms with Crippen molar-refractivity contribution in [2.45, 2.75) is 53.1 Å². The number of ether oxygens (including phenoxy) is 2. The Morgan fingerprint density at radius 3 is 2.47 bits per heavy atom. The molecular weight excluding hydrogens is 436 g/mol. The van der Waals surface area contributed by atoms with Gasteiger partial charge in [0.25, 0.3) is 11.5 Å². The molecule has 1 amide bonds. The van der Waals surface area contributed by atoms with E-state index in [-0.39, 0.29) is 34.5 Å². The van der Waals surface area contributed by atoms with E-state index < -0.39 is 17.2 Å². The predicted molar refractivity (Wildman–Crippen MR) is 129 cm³/mol. The van der Waals surface area contributed by atoms with E-state index in [1.165, 1.54) is 4.57 Å². The van der Waals surface area contributed by atoms with Crippen molar-refractivity contribution in [2.24, 2.45) is 5.92 Å². The van der Waals surface area contributed by atoms with E-state index >= 15 is 0 Å². The van der Waals surface area contributed by atoms with Gasteiger partial charge in [0.1, 0.15) is 13.2 Å². The first-order valence-corrected chi connectivity index (χ1v) is 11.5. The molecule has 2 aromatic heterocycles. The summed E-state index contributed by atoms with van der Waals surface area (Å²) in [5.74, 6) is 1.02. The number of carbonyl (C=O) groups excluding carboxylic acids is 1. The fourth-order valence-corrected chi connectivity index (χ4v) is 3.99. The lowest BCUT2D eigenvalue weighted by atomic mass is 10.0. The summed E-state index contributed by atoms with van der Waals surface area (Å²) in [4.78, 5) is 45.8. The zero-order valence-electron chi connectivity index (χ0n) is 20.1. The number of carbonyl (C=O) groups is 1. The number of pyridine rings is 1. The summed E-state index contributed by atoms with van der Waals surface area (Å²) in [6.07, 6.45) is 0. The monoisotopic (exact) mass is 466 g/mol. The highest BCUT2D eigenvalue weighted by atomic mass is 16.6. The molecule has 2 N–H and O–H groups in total. The summed E-state index contributed by atoms with van der Waals surface area (Å²) in [7, 11) is 0. The molecule has 1 unspecified atom stereocenters. The lowest BCUT2D eigenvalue weighted by molar-refractivity contribution is 0.0941. The van der Waals surface area contributed by atoms with Crippen LogP contribution in [0.2, 0.25) is 0 Å². The molecule has 34 heavy (non-hydrogen) atoms. The third kappa shape index (κ3) is 4.55. The molecular formula is C25H30N4O5. The molecule has 0 fully saturated rings. The quantitative estimate of drug-likeness (QED) is 0.577. The maximum absolute atomic E-state index is 13.4. The number of amides is 1. The Morgan fingerprint density at radius 1 is 1.09 bits per heavy atom. The number of nitrogens with one attached hydrogen (secondary N) is 2. The summed E-state index contributed by atoms with van der Waals surface area (Å²) >= 11 is 0. The minimum absolute atomic E-state index is 0.00643. The number of rotatable bonds is 6. The van der Waals surface area contributed by atoms with Crippen molar-refractivity contribution in [3.8, 4) is 11.5 Å². The van der Waals surface area contributed by atoms with E-state index in [9.17, 15) is 14.4 Å². The largest absolute Gasteiger partial charge is 0.486 e. The Labute approximate surface area is 197 Å². The average molecular weight is 467 g/mol. The zero-order valence-corrected chi connectivity index (χ0v) is 20.1. The van der Waals surface area contributed by atoms with Gasteiger partial charge in [-0.3, -0.25) is 19.1 Å². The highest BCUT2D eigenvalue weighted by molar-refractivity contribution is 6.05. The molecule has 0 bridgehead atoms. The predicted octanol–water partition coefficient (Wildman–Crippen LogP) is 3.13. The zero-order chi connectivity index (χ0) is 24.6. The van der Waals surface area contributed by atoms with Crippen LogP contribution in [0.5, 0.6) is 11.5 Å². The van der Waals surface area contributed by atoms with Crippen molar-refractivity contribution in [3.63, 3.8) is 0 Å². The van der Waals surface area contributed by atoms with Gasteiger partial charge in [-0.05, 0) is 42.5 Å². The van der Waals surface area contributed by atoms with Gasteiger partial charge in [-0.15, -0.1) is 0 Å². The van der Waals surface area contributed by atoms with Gasteiger partial charge in [-0.1, -0.05) is 33.8 Å². The molecule has 0 radical (unpaired) electrons. The number of fused-ring (bicyclic) bond motifs is 2. The van der Waals surface area contributed by atoms with Gasteiger partial charge >= 0.3 is 5.69 Å². The second-order valence-electron chi connectivity index (χ2n) is 9.31. The lowest BCUT2D eigenvalue weighted by Crippen LogP contribution is -2.35. The molecule has 180 valence electrons. The molecule has 9 heteroatoms. The molecule has 1 aliphatic rings. The number of hydrogen-bond acceptors (Lipinski definition) is 6. The van der Waals surface area contributed by atoms with Gasteiger partial charge in [0.15, 0.2) is 17.1 Å². The second kappa shape index (κ2) is 9.32. The highest BCUT2D eigenvalue weighted by Crippen LogP contribution is 2.32. The van der Waals surface area contributed by atoms with E-state index in [1.807, 2.05) is 52.8 Å². The lowest BCUT2D eigenvalue weighted by Gasteiger charge is -2.21. The van der Waals surface area contributed by atoms with Crippen LogP contribution in [0.15, 0.2) is 33.9 Å². The SMILES string of the molecule is CC(C)Cn1c(=O)[nH]c(=O)c2c(C(=O)NC(C)c3ccc4c(c3)OCCO4)cc(C(C)C)nc21. The Balaban J connectivity index is 1.77. The molecule has 1 aromatic carbocycles. The molecule has 1 aliphatic heterocycles. The molecule has 0 saturated heterocycles. The summed E-state index contributed by atoms with van der Waals surface area (Å²) < 4.78 is 12.7. The highest BCUT2D eigenvalue weighted by Gasteiger charge is 2.23. The van der Waals surface area contributed by atoms with Gasteiger partial charge in [0.05, 0.1) is 17.0 Å². The van der Waals surface area contributed by atoms with E-state index in [1.54, 1.807) is 6.07 Å². The number of aromatic nitrogens is 3. The Morgan fingerprint density at radius 2 is 1.79 bits per heavy atom. The van der Waals surface area contributed by atoms with Crippen molar-refractivity contribution in [2.75, 3.05) is 13.2 Å². The summed E-state index contributed by atoms with van der Waals surface area (Å²) in [5, 5.41) is 3.08. The van der Waals surface area contributed by atoms with Crippen molar-refractivity contribution in [3.05, 3.63) is 61.9 Å². The van der Waals surface area contributed by atoms with Crippen molar-refractivity contribution < 1.29 is 14.3 Å². The van der Waals surface area contributed by atoms with E-state index in [0.717, 1.165) is 5.56 Å². The van der Waals surface area contributed by atoms with Crippen LogP contribution in [0, 0.1) is 5.92 Å². The topological polar surface area (TPSA) is 115 Å². The second-order valence-corrected chi connectivity index (χ2v) is 9.31. The first-order chi connectivity index (χ1) is 16.2. The summed E-state index contributed by atoms with van der Waals surface area (Å²) in [6.45, 7) is 11.0. The molecule has 3 heterocycles. The van der Waals surface area contributed by atoms with Gasteiger partial charge in [0, 0.05) is 12.2 Å². The van der Waals surface area contributed by atoms with Crippen LogP contribution in [0.3, 0.4) is 0 Å². The Kier molecular flexibility index (Phi) is 6.45. The van der Waals surface area contributed by atoms with Gasteiger partial charge in [-0.25, -0.2) is 9.78 Å². The van der Waals surface area contributed by atoms with Crippen LogP contribution in [-0.4, -0.2) is 33.7 Å². The van der Waals surface area contributed by atoms with Crippen LogP contribution in [0.4, 0.5) is 0 Å². The number of aromatic amines is 1. The summed E-state index contributed by atoms with van der Waals surface area (Å²) in [6, 6.07) is 6.81. The molecule has 0 saturated carbocycles. The van der Waals surface area contributed by atoms with Gasteiger partial charge in [0.2, 0.25) is 0 Å². The third-order valence-electron chi connectivity index (χ3n) is 5.77. The van der Waals surface area contributed by atoms with Crippen LogP contribution in [-0.2, 0) is 6.54 Å². The Hall–Kier alpha value is -3.62. The fraction of sp³-hybridized carbons (Fsp3) is 0.440. The molecule has 9 nitrogen and oxygen atoms in total. The first kappa shape index (κ1) is 23.5. The van der Waals surface area contributed by atoms with Crippen molar-refractivity contribution in [1.82, 2.24) is 19.9 Å². The average Bonchev–Trinajstić information content (AvgIpc) is 2.80. The van der Waals surface area contributed by atoms with E-state index in [0.29, 0.717) is 37.0 Å².